The minimum absolute atomic E-state index is 0. The number of hydrogen-bond acceptors (Lipinski definition) is 2. The topological polar surface area (TPSA) is 18.5 Å². The Hall–Kier alpha value is -0.458. The van der Waals surface area contributed by atoms with Gasteiger partial charge in [0.25, 0.3) is 6.55 Å². The van der Waals surface area contributed by atoms with Gasteiger partial charge in [-0.1, -0.05) is 57.2 Å². The summed E-state index contributed by atoms with van der Waals surface area (Å²) in [6.45, 7) is 13.5. The van der Waals surface area contributed by atoms with Crippen LogP contribution < -0.4 is 18.9 Å². The summed E-state index contributed by atoms with van der Waals surface area (Å²) >= 11 is 0. The molecule has 1 saturated heterocycles. The van der Waals surface area contributed by atoms with Crippen LogP contribution in [-0.4, -0.2) is 17.8 Å². The van der Waals surface area contributed by atoms with Crippen molar-refractivity contribution in [3.63, 3.8) is 0 Å². The first kappa shape index (κ1) is 19.6. The normalized spacial score (nSPS) is 22.5. The van der Waals surface area contributed by atoms with Crippen LogP contribution >= 0.6 is 0 Å². The average molecular weight is 294 g/mol. The minimum atomic E-state index is -1.51. The van der Waals surface area contributed by atoms with Gasteiger partial charge in [0.05, 0.1) is 0 Å². The van der Waals surface area contributed by atoms with Crippen LogP contribution in [0, 0.1) is 0 Å². The zero-order valence-electron chi connectivity index (χ0n) is 15.4. The fraction of sp³-hybridized carbons (Fsp3) is 0.556. The van der Waals surface area contributed by atoms with Gasteiger partial charge in [0.1, 0.15) is 0 Å². The van der Waals surface area contributed by atoms with Gasteiger partial charge >= 0.3 is 18.9 Å². The fourth-order valence-corrected chi connectivity index (χ4v) is 2.71. The van der Waals surface area contributed by atoms with Gasteiger partial charge in [-0.25, -0.2) is 0 Å². The van der Waals surface area contributed by atoms with E-state index < -0.39 is 6.55 Å². The summed E-state index contributed by atoms with van der Waals surface area (Å²) in [5.41, 5.74) is 0.528. The maximum absolute atomic E-state index is 6.49. The molecule has 0 atom stereocenters. The third kappa shape index (κ3) is 3.54. The average Bonchev–Trinajstić information content (AvgIpc) is 2.54. The van der Waals surface area contributed by atoms with Gasteiger partial charge in [0.2, 0.25) is 0 Å². The van der Waals surface area contributed by atoms with Gasteiger partial charge in [-0.3, -0.25) is 0 Å². The molecule has 1 aromatic rings. The molecule has 0 aliphatic carbocycles. The Morgan fingerprint density at radius 1 is 0.909 bits per heavy atom. The van der Waals surface area contributed by atoms with Crippen LogP contribution in [0.4, 0.5) is 0 Å². The second-order valence-electron chi connectivity index (χ2n) is 8.16. The van der Waals surface area contributed by atoms with Gasteiger partial charge in [0, 0.05) is 11.2 Å². The number of benzene rings is 1. The van der Waals surface area contributed by atoms with Crippen LogP contribution in [0.5, 0.6) is 0 Å². The first-order chi connectivity index (χ1) is 9.49. The molecule has 1 aliphatic heterocycles. The zero-order chi connectivity index (χ0) is 15.9. The number of rotatable bonds is 2. The Balaban J connectivity index is 0.00000242. The van der Waals surface area contributed by atoms with Crippen LogP contribution in [0.2, 0.25) is 5.31 Å². The van der Waals surface area contributed by atoms with Crippen LogP contribution in [0.3, 0.4) is 0 Å². The van der Waals surface area contributed by atoms with Crippen LogP contribution in [0.1, 0.15) is 54.0 Å². The Bertz CT molecular complexity index is 514. The van der Waals surface area contributed by atoms with Crippen molar-refractivity contribution in [2.45, 2.75) is 65.0 Å². The molecule has 2 rings (SSSR count). The standard InChI is InChI=1S/C18H28BO2.Li/c1-16(2,3)19(14-13-15-11-9-8-10-12-15)20-17(4,5)18(6,7)21-19;/h8-14H,1-7H3;/q-1;+1/b14-13+;. The first-order valence-corrected chi connectivity index (χ1v) is 7.78. The van der Waals surface area contributed by atoms with E-state index in [1.165, 1.54) is 0 Å². The Morgan fingerprint density at radius 2 is 1.36 bits per heavy atom. The summed E-state index contributed by atoms with van der Waals surface area (Å²) in [6, 6.07) is 10.3. The van der Waals surface area contributed by atoms with Crippen molar-refractivity contribution in [1.29, 1.82) is 0 Å². The van der Waals surface area contributed by atoms with Crippen LogP contribution in [-0.2, 0) is 9.31 Å². The van der Waals surface area contributed by atoms with Crippen LogP contribution in [0.25, 0.3) is 6.08 Å². The van der Waals surface area contributed by atoms with E-state index in [0.717, 1.165) is 5.56 Å². The second kappa shape index (κ2) is 6.21. The van der Waals surface area contributed by atoms with E-state index in [2.05, 4.69) is 72.7 Å². The van der Waals surface area contributed by atoms with E-state index in [1.807, 2.05) is 18.2 Å². The maximum atomic E-state index is 6.49. The summed E-state index contributed by atoms with van der Waals surface area (Å²) in [4.78, 5) is 0. The number of hydrogen-bond donors (Lipinski definition) is 0. The molecule has 1 fully saturated rings. The summed E-state index contributed by atoms with van der Waals surface area (Å²) in [5, 5.41) is -0.101. The van der Waals surface area contributed by atoms with E-state index >= 15 is 0 Å². The maximum Gasteiger partial charge on any atom is 1.00 e. The summed E-state index contributed by atoms with van der Waals surface area (Å²) in [5.74, 6) is 2.13. The van der Waals surface area contributed by atoms with Crippen molar-refractivity contribution >= 4 is 12.6 Å². The predicted octanol–water partition coefficient (Wildman–Crippen LogP) is 2.09. The van der Waals surface area contributed by atoms with Crippen molar-refractivity contribution in [3.8, 4) is 0 Å². The molecule has 1 aromatic carbocycles. The molecule has 1 aliphatic rings. The molecule has 22 heavy (non-hydrogen) atoms. The Labute approximate surface area is 147 Å². The minimum Gasteiger partial charge on any atom is -0.558 e. The summed E-state index contributed by atoms with van der Waals surface area (Å²) < 4.78 is 13.0. The third-order valence-electron chi connectivity index (χ3n) is 4.94. The van der Waals surface area contributed by atoms with Gasteiger partial charge in [-0.2, -0.15) is 5.98 Å². The molecule has 0 radical (unpaired) electrons. The monoisotopic (exact) mass is 294 g/mol. The van der Waals surface area contributed by atoms with E-state index in [9.17, 15) is 0 Å². The predicted molar refractivity (Wildman–Crippen MR) is 91.3 cm³/mol. The first-order valence-electron chi connectivity index (χ1n) is 7.78. The molecule has 0 aromatic heterocycles. The van der Waals surface area contributed by atoms with E-state index in [-0.39, 0.29) is 35.4 Å². The molecule has 116 valence electrons. The molecule has 2 nitrogen and oxygen atoms in total. The fourth-order valence-electron chi connectivity index (χ4n) is 2.71. The quantitative estimate of drug-likeness (QED) is 0.778. The van der Waals surface area contributed by atoms with E-state index in [4.69, 9.17) is 9.31 Å². The van der Waals surface area contributed by atoms with Gasteiger partial charge in [-0.15, -0.1) is 5.31 Å². The Morgan fingerprint density at radius 3 is 1.77 bits per heavy atom. The molecule has 0 bridgehead atoms. The molecule has 0 spiro atoms. The smallest absolute Gasteiger partial charge is 0.558 e. The largest absolute Gasteiger partial charge is 1.00 e. The van der Waals surface area contributed by atoms with Crippen molar-refractivity contribution in [2.24, 2.45) is 0 Å². The van der Waals surface area contributed by atoms with Gasteiger partial charge < -0.3 is 9.31 Å². The molecular formula is C18H28BLiO2. The SMILES string of the molecule is CC(C)(C)[B-]1(/C=C/c2ccccc2)OC(C)(C)C(C)(C)O1.[Li+]. The van der Waals surface area contributed by atoms with Gasteiger partial charge in [0.15, 0.2) is 0 Å². The van der Waals surface area contributed by atoms with Crippen LogP contribution in [0.15, 0.2) is 36.3 Å². The van der Waals surface area contributed by atoms with Crippen molar-refractivity contribution in [1.82, 2.24) is 0 Å². The van der Waals surface area contributed by atoms with Crippen molar-refractivity contribution < 1.29 is 28.2 Å². The molecule has 0 N–H and O–H groups in total. The molecule has 0 saturated carbocycles. The second-order valence-corrected chi connectivity index (χ2v) is 8.16. The molecular weight excluding hydrogens is 266 g/mol. The Kier molecular flexibility index (Phi) is 5.53. The van der Waals surface area contributed by atoms with Crippen molar-refractivity contribution in [2.75, 3.05) is 0 Å². The molecule has 1 heterocycles. The van der Waals surface area contributed by atoms with E-state index in [0.29, 0.717) is 0 Å². The third-order valence-corrected chi connectivity index (χ3v) is 4.94. The molecule has 0 unspecified atom stereocenters. The van der Waals surface area contributed by atoms with Gasteiger partial charge in [-0.05, 0) is 33.3 Å². The molecule has 4 heteroatoms. The summed E-state index contributed by atoms with van der Waals surface area (Å²) in [7, 11) is 0. The van der Waals surface area contributed by atoms with Crippen molar-refractivity contribution in [3.05, 3.63) is 41.9 Å². The zero-order valence-corrected chi connectivity index (χ0v) is 15.4. The summed E-state index contributed by atoms with van der Waals surface area (Å²) in [6.07, 6.45) is 2.11. The molecule has 0 amide bonds. The van der Waals surface area contributed by atoms with E-state index in [1.54, 1.807) is 0 Å².